The molecule has 2 heterocycles. The van der Waals surface area contributed by atoms with E-state index in [1.807, 2.05) is 12.4 Å². The molecule has 78 valence electrons. The van der Waals surface area contributed by atoms with E-state index in [-0.39, 0.29) is 0 Å². The quantitative estimate of drug-likeness (QED) is 0.788. The Bertz CT molecular complexity index is 297. The molecule has 3 heteroatoms. The molecule has 1 aliphatic rings. The molecular weight excluding hydrogens is 174 g/mol. The van der Waals surface area contributed by atoms with Crippen LogP contribution in [0.3, 0.4) is 0 Å². The van der Waals surface area contributed by atoms with Gasteiger partial charge in [0, 0.05) is 31.4 Å². The zero-order chi connectivity index (χ0) is 10.0. The van der Waals surface area contributed by atoms with Crippen LogP contribution in [0.2, 0.25) is 0 Å². The van der Waals surface area contributed by atoms with Crippen LogP contribution < -0.4 is 5.32 Å². The highest BCUT2D eigenvalue weighted by Crippen LogP contribution is 2.26. The molecule has 1 atom stereocenters. The van der Waals surface area contributed by atoms with Gasteiger partial charge in [-0.25, -0.2) is 4.98 Å². The molecule has 0 amide bonds. The smallest absolute Gasteiger partial charge is 0.110 e. The summed E-state index contributed by atoms with van der Waals surface area (Å²) in [6.07, 6.45) is 8.75. The van der Waals surface area contributed by atoms with Crippen molar-refractivity contribution in [2.75, 3.05) is 6.54 Å². The molecule has 3 nitrogen and oxygen atoms in total. The third kappa shape index (κ3) is 1.69. The predicted octanol–water partition coefficient (Wildman–Crippen LogP) is 1.49. The standard InChI is InChI=1S/C11H19N3/c1-3-11(5-4-6-13-11)9-10-12-7-8-14(10)2/h7-8,13H,3-6,9H2,1-2H3. The minimum Gasteiger partial charge on any atom is -0.338 e. The van der Waals surface area contributed by atoms with Gasteiger partial charge < -0.3 is 9.88 Å². The second-order valence-corrected chi connectivity index (χ2v) is 4.30. The maximum Gasteiger partial charge on any atom is 0.110 e. The number of aryl methyl sites for hydroxylation is 1. The maximum atomic E-state index is 4.40. The van der Waals surface area contributed by atoms with E-state index in [9.17, 15) is 0 Å². The molecule has 1 N–H and O–H groups in total. The summed E-state index contributed by atoms with van der Waals surface area (Å²) in [7, 11) is 2.07. The molecule has 1 aromatic rings. The SMILES string of the molecule is CCC1(Cc2nccn2C)CCCN1. The normalized spacial score (nSPS) is 27.0. The van der Waals surface area contributed by atoms with Gasteiger partial charge in [-0.05, 0) is 25.8 Å². The maximum absolute atomic E-state index is 4.40. The lowest BCUT2D eigenvalue weighted by Gasteiger charge is -2.27. The van der Waals surface area contributed by atoms with Crippen molar-refractivity contribution in [1.29, 1.82) is 0 Å². The molecule has 1 saturated heterocycles. The Hall–Kier alpha value is -0.830. The molecule has 0 spiro atoms. The van der Waals surface area contributed by atoms with Crippen LogP contribution in [-0.4, -0.2) is 21.6 Å². The number of hydrogen-bond donors (Lipinski definition) is 1. The van der Waals surface area contributed by atoms with E-state index in [0.717, 1.165) is 13.0 Å². The topological polar surface area (TPSA) is 29.9 Å². The third-order valence-corrected chi connectivity index (χ3v) is 3.43. The molecule has 1 aromatic heterocycles. The molecule has 0 radical (unpaired) electrons. The van der Waals surface area contributed by atoms with E-state index in [4.69, 9.17) is 0 Å². The zero-order valence-corrected chi connectivity index (χ0v) is 9.08. The van der Waals surface area contributed by atoms with Crippen LogP contribution in [0.5, 0.6) is 0 Å². The van der Waals surface area contributed by atoms with Gasteiger partial charge in [-0.3, -0.25) is 0 Å². The Labute approximate surface area is 85.5 Å². The lowest BCUT2D eigenvalue weighted by atomic mass is 9.90. The second-order valence-electron chi connectivity index (χ2n) is 4.30. The van der Waals surface area contributed by atoms with Crippen LogP contribution in [0.15, 0.2) is 12.4 Å². The first kappa shape index (κ1) is 9.71. The number of rotatable bonds is 3. The first-order valence-corrected chi connectivity index (χ1v) is 5.47. The van der Waals surface area contributed by atoms with Gasteiger partial charge in [-0.2, -0.15) is 0 Å². The largest absolute Gasteiger partial charge is 0.338 e. The molecule has 1 aliphatic heterocycles. The van der Waals surface area contributed by atoms with Crippen LogP contribution in [-0.2, 0) is 13.5 Å². The van der Waals surface area contributed by atoms with Gasteiger partial charge in [0.1, 0.15) is 5.82 Å². The number of nitrogens with zero attached hydrogens (tertiary/aromatic N) is 2. The minimum absolute atomic E-state index is 0.319. The summed E-state index contributed by atoms with van der Waals surface area (Å²) >= 11 is 0. The number of imidazole rings is 1. The third-order valence-electron chi connectivity index (χ3n) is 3.43. The highest BCUT2D eigenvalue weighted by Gasteiger charge is 2.32. The van der Waals surface area contributed by atoms with Gasteiger partial charge in [0.05, 0.1) is 0 Å². The summed E-state index contributed by atoms with van der Waals surface area (Å²) in [5.41, 5.74) is 0.319. The van der Waals surface area contributed by atoms with Crippen molar-refractivity contribution in [1.82, 2.24) is 14.9 Å². The van der Waals surface area contributed by atoms with Crippen molar-refractivity contribution in [3.8, 4) is 0 Å². The average molecular weight is 193 g/mol. The van der Waals surface area contributed by atoms with Crippen LogP contribution in [0, 0.1) is 0 Å². The summed E-state index contributed by atoms with van der Waals surface area (Å²) in [5.74, 6) is 1.20. The Morgan fingerprint density at radius 1 is 1.64 bits per heavy atom. The fourth-order valence-corrected chi connectivity index (χ4v) is 2.32. The fraction of sp³-hybridized carbons (Fsp3) is 0.727. The highest BCUT2D eigenvalue weighted by atomic mass is 15.1. The Morgan fingerprint density at radius 3 is 3.00 bits per heavy atom. The van der Waals surface area contributed by atoms with Crippen molar-refractivity contribution in [2.45, 2.75) is 38.1 Å². The van der Waals surface area contributed by atoms with Crippen LogP contribution in [0.1, 0.15) is 32.0 Å². The molecule has 14 heavy (non-hydrogen) atoms. The van der Waals surface area contributed by atoms with Gasteiger partial charge in [-0.1, -0.05) is 6.92 Å². The van der Waals surface area contributed by atoms with E-state index < -0.39 is 0 Å². The van der Waals surface area contributed by atoms with Gasteiger partial charge in [0.25, 0.3) is 0 Å². The lowest BCUT2D eigenvalue weighted by molar-refractivity contribution is 0.349. The molecule has 0 bridgehead atoms. The van der Waals surface area contributed by atoms with Gasteiger partial charge >= 0.3 is 0 Å². The number of aromatic nitrogens is 2. The van der Waals surface area contributed by atoms with Crippen LogP contribution in [0.4, 0.5) is 0 Å². The van der Waals surface area contributed by atoms with E-state index >= 15 is 0 Å². The van der Waals surface area contributed by atoms with Gasteiger partial charge in [0.15, 0.2) is 0 Å². The van der Waals surface area contributed by atoms with Crippen molar-refractivity contribution < 1.29 is 0 Å². The molecule has 0 aliphatic carbocycles. The molecule has 1 unspecified atom stereocenters. The first-order valence-electron chi connectivity index (χ1n) is 5.47. The van der Waals surface area contributed by atoms with Crippen molar-refractivity contribution >= 4 is 0 Å². The highest BCUT2D eigenvalue weighted by molar-refractivity contribution is 5.03. The van der Waals surface area contributed by atoms with E-state index in [0.29, 0.717) is 5.54 Å². The average Bonchev–Trinajstić information content (AvgIpc) is 2.79. The van der Waals surface area contributed by atoms with Gasteiger partial charge in [0.2, 0.25) is 0 Å². The lowest BCUT2D eigenvalue weighted by Crippen LogP contribution is -2.41. The van der Waals surface area contributed by atoms with Crippen LogP contribution in [0.25, 0.3) is 0 Å². The van der Waals surface area contributed by atoms with Gasteiger partial charge in [-0.15, -0.1) is 0 Å². The van der Waals surface area contributed by atoms with Crippen molar-refractivity contribution in [3.63, 3.8) is 0 Å². The summed E-state index contributed by atoms with van der Waals surface area (Å²) < 4.78 is 2.12. The first-order chi connectivity index (χ1) is 6.76. The second kappa shape index (κ2) is 3.73. The minimum atomic E-state index is 0.319. The van der Waals surface area contributed by atoms with E-state index in [2.05, 4.69) is 28.8 Å². The van der Waals surface area contributed by atoms with Crippen LogP contribution >= 0.6 is 0 Å². The van der Waals surface area contributed by atoms with Crippen molar-refractivity contribution in [2.24, 2.45) is 7.05 Å². The van der Waals surface area contributed by atoms with E-state index in [1.54, 1.807) is 0 Å². The Kier molecular flexibility index (Phi) is 2.59. The molecule has 0 aromatic carbocycles. The Morgan fingerprint density at radius 2 is 2.50 bits per heavy atom. The summed E-state index contributed by atoms with van der Waals surface area (Å²) in [6.45, 7) is 3.43. The predicted molar refractivity (Wildman–Crippen MR) is 57.2 cm³/mol. The molecule has 1 fully saturated rings. The summed E-state index contributed by atoms with van der Waals surface area (Å²) in [5, 5.41) is 3.63. The monoisotopic (exact) mass is 193 g/mol. The summed E-state index contributed by atoms with van der Waals surface area (Å²) in [6, 6.07) is 0. The molecule has 2 rings (SSSR count). The Balaban J connectivity index is 2.12. The molecular formula is C11H19N3. The van der Waals surface area contributed by atoms with Crippen molar-refractivity contribution in [3.05, 3.63) is 18.2 Å². The molecule has 0 saturated carbocycles. The zero-order valence-electron chi connectivity index (χ0n) is 9.08. The fourth-order valence-electron chi connectivity index (χ4n) is 2.32. The number of hydrogen-bond acceptors (Lipinski definition) is 2. The van der Waals surface area contributed by atoms with E-state index in [1.165, 1.54) is 25.1 Å². The number of nitrogens with one attached hydrogen (secondary N) is 1. The summed E-state index contributed by atoms with van der Waals surface area (Å²) in [4.78, 5) is 4.40.